The number of thiophene rings is 1. The minimum absolute atomic E-state index is 0.289. The van der Waals surface area contributed by atoms with Crippen molar-refractivity contribution in [2.45, 2.75) is 39.3 Å². The molecule has 1 aliphatic heterocycles. The topological polar surface area (TPSA) is 55.3 Å². The Balaban J connectivity index is 1.55. The first-order valence-corrected chi connectivity index (χ1v) is 8.81. The molecule has 1 atom stereocenters. The molecule has 3 aromatic heterocycles. The zero-order valence-corrected chi connectivity index (χ0v) is 14.1. The van der Waals surface area contributed by atoms with Gasteiger partial charge in [-0.05, 0) is 44.7 Å². The average Bonchev–Trinajstić information content (AvgIpc) is 3.28. The smallest absolute Gasteiger partial charge is 0.227 e. The van der Waals surface area contributed by atoms with Crippen molar-refractivity contribution in [3.8, 4) is 11.5 Å². The highest BCUT2D eigenvalue weighted by molar-refractivity contribution is 7.08. The Kier molecular flexibility index (Phi) is 3.79. The number of aryl methyl sites for hydroxylation is 2. The lowest BCUT2D eigenvalue weighted by Crippen LogP contribution is -2.23. The standard InChI is InChI=1S/C17H19N3O2S/c1-11-8-16(22-19-11)15-4-3-6-20(15)9-14-12(2)21-17(18-14)13-5-7-23-10-13/h5,7-8,10,15H,3-4,6,9H2,1-2H3/t15-/m1/s1. The molecular formula is C17H19N3O2S. The monoisotopic (exact) mass is 329 g/mol. The second-order valence-corrected chi connectivity index (χ2v) is 6.81. The van der Waals surface area contributed by atoms with Gasteiger partial charge in [0.15, 0.2) is 5.76 Å². The lowest BCUT2D eigenvalue weighted by molar-refractivity contribution is 0.204. The molecule has 0 saturated carbocycles. The Hall–Kier alpha value is -1.92. The van der Waals surface area contributed by atoms with E-state index in [0.717, 1.165) is 48.0 Å². The van der Waals surface area contributed by atoms with Crippen LogP contribution in [0.3, 0.4) is 0 Å². The van der Waals surface area contributed by atoms with E-state index >= 15 is 0 Å². The quantitative estimate of drug-likeness (QED) is 0.712. The van der Waals surface area contributed by atoms with Gasteiger partial charge in [0, 0.05) is 23.6 Å². The molecule has 0 aliphatic carbocycles. The summed E-state index contributed by atoms with van der Waals surface area (Å²) in [6.45, 7) is 5.78. The number of hydrogen-bond acceptors (Lipinski definition) is 6. The van der Waals surface area contributed by atoms with Crippen molar-refractivity contribution < 1.29 is 8.94 Å². The summed E-state index contributed by atoms with van der Waals surface area (Å²) in [5, 5.41) is 8.12. The maximum atomic E-state index is 5.85. The zero-order valence-electron chi connectivity index (χ0n) is 13.3. The minimum Gasteiger partial charge on any atom is -0.441 e. The van der Waals surface area contributed by atoms with Gasteiger partial charge in [-0.2, -0.15) is 11.3 Å². The summed E-state index contributed by atoms with van der Waals surface area (Å²) < 4.78 is 11.3. The molecule has 4 rings (SSSR count). The van der Waals surface area contributed by atoms with Gasteiger partial charge in [0.05, 0.1) is 17.4 Å². The maximum Gasteiger partial charge on any atom is 0.227 e. The third-order valence-electron chi connectivity index (χ3n) is 4.35. The molecule has 0 radical (unpaired) electrons. The van der Waals surface area contributed by atoms with Crippen LogP contribution < -0.4 is 0 Å². The van der Waals surface area contributed by atoms with Gasteiger partial charge < -0.3 is 8.94 Å². The fourth-order valence-corrected chi connectivity index (χ4v) is 3.78. The predicted octanol–water partition coefficient (Wildman–Crippen LogP) is 4.35. The van der Waals surface area contributed by atoms with Crippen LogP contribution in [0.4, 0.5) is 0 Å². The molecule has 4 heterocycles. The molecular weight excluding hydrogens is 310 g/mol. The third-order valence-corrected chi connectivity index (χ3v) is 5.04. The van der Waals surface area contributed by atoms with Crippen LogP contribution >= 0.6 is 11.3 Å². The van der Waals surface area contributed by atoms with Crippen molar-refractivity contribution >= 4 is 11.3 Å². The van der Waals surface area contributed by atoms with E-state index in [-0.39, 0.29) is 6.04 Å². The number of hydrogen-bond donors (Lipinski definition) is 0. The summed E-state index contributed by atoms with van der Waals surface area (Å²) in [5.41, 5.74) is 2.99. The summed E-state index contributed by atoms with van der Waals surface area (Å²) in [4.78, 5) is 7.11. The van der Waals surface area contributed by atoms with Crippen LogP contribution in [-0.2, 0) is 6.54 Å². The van der Waals surface area contributed by atoms with Gasteiger partial charge in [0.1, 0.15) is 5.76 Å². The fourth-order valence-electron chi connectivity index (χ4n) is 3.15. The Morgan fingerprint density at radius 2 is 2.30 bits per heavy atom. The Bertz CT molecular complexity index is 791. The lowest BCUT2D eigenvalue weighted by atomic mass is 10.1. The van der Waals surface area contributed by atoms with E-state index in [0.29, 0.717) is 5.89 Å². The van der Waals surface area contributed by atoms with Crippen molar-refractivity contribution in [3.05, 3.63) is 45.8 Å². The molecule has 0 bridgehead atoms. The molecule has 5 nitrogen and oxygen atoms in total. The van der Waals surface area contributed by atoms with E-state index in [2.05, 4.69) is 15.4 Å². The van der Waals surface area contributed by atoms with E-state index < -0.39 is 0 Å². The van der Waals surface area contributed by atoms with Gasteiger partial charge in [-0.15, -0.1) is 0 Å². The summed E-state index contributed by atoms with van der Waals surface area (Å²) in [7, 11) is 0. The molecule has 23 heavy (non-hydrogen) atoms. The molecule has 1 fully saturated rings. The number of likely N-dealkylation sites (tertiary alicyclic amines) is 1. The molecule has 0 unspecified atom stereocenters. The van der Waals surface area contributed by atoms with Gasteiger partial charge in [-0.1, -0.05) is 5.16 Å². The van der Waals surface area contributed by atoms with E-state index in [4.69, 9.17) is 13.9 Å². The molecule has 0 N–H and O–H groups in total. The maximum absolute atomic E-state index is 5.85. The number of nitrogens with zero attached hydrogens (tertiary/aromatic N) is 3. The lowest BCUT2D eigenvalue weighted by Gasteiger charge is -2.21. The van der Waals surface area contributed by atoms with Crippen molar-refractivity contribution in [3.63, 3.8) is 0 Å². The van der Waals surface area contributed by atoms with Gasteiger partial charge in [-0.25, -0.2) is 4.98 Å². The molecule has 3 aromatic rings. The largest absolute Gasteiger partial charge is 0.441 e. The molecule has 6 heteroatoms. The minimum atomic E-state index is 0.289. The SMILES string of the molecule is Cc1cc([C@H]2CCCN2Cc2nc(-c3ccsc3)oc2C)on1. The van der Waals surface area contributed by atoms with Crippen molar-refractivity contribution in [2.24, 2.45) is 0 Å². The van der Waals surface area contributed by atoms with Crippen LogP contribution in [0.1, 0.15) is 41.8 Å². The van der Waals surface area contributed by atoms with Crippen LogP contribution in [0.5, 0.6) is 0 Å². The summed E-state index contributed by atoms with van der Waals surface area (Å²) in [5.74, 6) is 2.56. The molecule has 0 spiro atoms. The first kappa shape index (κ1) is 14.7. The molecule has 0 aromatic carbocycles. The average molecular weight is 329 g/mol. The highest BCUT2D eigenvalue weighted by atomic mass is 32.1. The Morgan fingerprint density at radius 1 is 1.39 bits per heavy atom. The van der Waals surface area contributed by atoms with Gasteiger partial charge in [0.2, 0.25) is 5.89 Å². The predicted molar refractivity (Wildman–Crippen MR) is 88.2 cm³/mol. The van der Waals surface area contributed by atoms with Crippen molar-refractivity contribution in [2.75, 3.05) is 6.54 Å². The van der Waals surface area contributed by atoms with Crippen LogP contribution in [0.2, 0.25) is 0 Å². The van der Waals surface area contributed by atoms with E-state index in [9.17, 15) is 0 Å². The van der Waals surface area contributed by atoms with Crippen LogP contribution in [0.25, 0.3) is 11.5 Å². The van der Waals surface area contributed by atoms with Crippen molar-refractivity contribution in [1.29, 1.82) is 0 Å². The number of rotatable bonds is 4. The van der Waals surface area contributed by atoms with Gasteiger partial charge in [0.25, 0.3) is 0 Å². The van der Waals surface area contributed by atoms with Gasteiger partial charge in [-0.3, -0.25) is 4.90 Å². The van der Waals surface area contributed by atoms with Crippen LogP contribution in [0.15, 0.2) is 31.8 Å². The second kappa shape index (κ2) is 5.94. The molecule has 0 amide bonds. The highest BCUT2D eigenvalue weighted by Gasteiger charge is 2.30. The van der Waals surface area contributed by atoms with Gasteiger partial charge >= 0.3 is 0 Å². The Labute approximate surface area is 138 Å². The number of oxazole rings is 1. The zero-order chi connectivity index (χ0) is 15.8. The van der Waals surface area contributed by atoms with E-state index in [1.165, 1.54) is 6.42 Å². The van der Waals surface area contributed by atoms with Crippen LogP contribution in [-0.4, -0.2) is 21.6 Å². The summed E-state index contributed by atoms with van der Waals surface area (Å²) >= 11 is 1.65. The number of aromatic nitrogens is 2. The first-order valence-electron chi connectivity index (χ1n) is 7.87. The Morgan fingerprint density at radius 3 is 3.04 bits per heavy atom. The fraction of sp³-hybridized carbons (Fsp3) is 0.412. The second-order valence-electron chi connectivity index (χ2n) is 6.03. The summed E-state index contributed by atoms with van der Waals surface area (Å²) in [6.07, 6.45) is 2.27. The summed E-state index contributed by atoms with van der Waals surface area (Å²) in [6, 6.07) is 4.36. The normalized spacial score (nSPS) is 18.8. The van der Waals surface area contributed by atoms with Crippen molar-refractivity contribution in [1.82, 2.24) is 15.0 Å². The first-order chi connectivity index (χ1) is 11.2. The van der Waals surface area contributed by atoms with E-state index in [1.54, 1.807) is 11.3 Å². The molecule has 1 aliphatic rings. The van der Waals surface area contributed by atoms with Crippen LogP contribution in [0, 0.1) is 13.8 Å². The molecule has 1 saturated heterocycles. The third kappa shape index (κ3) is 2.84. The molecule has 120 valence electrons. The highest BCUT2D eigenvalue weighted by Crippen LogP contribution is 2.34. The van der Waals surface area contributed by atoms with E-state index in [1.807, 2.05) is 31.4 Å².